The number of carbonyl (C=O) groups is 1. The Morgan fingerprint density at radius 1 is 1.19 bits per heavy atom. The Labute approximate surface area is 153 Å². The first-order valence-corrected chi connectivity index (χ1v) is 7.98. The van der Waals surface area contributed by atoms with Crippen molar-refractivity contribution < 1.29 is 32.2 Å². The van der Waals surface area contributed by atoms with Crippen molar-refractivity contribution in [3.63, 3.8) is 0 Å². The van der Waals surface area contributed by atoms with Gasteiger partial charge in [0.1, 0.15) is 5.75 Å². The number of carbonyl (C=O) groups excluding carboxylic acids is 1. The Morgan fingerprint density at radius 3 is 2.70 bits per heavy atom. The lowest BCUT2D eigenvalue weighted by Crippen LogP contribution is -2.25. The first kappa shape index (κ1) is 18.6. The number of benzene rings is 2. The third-order valence-electron chi connectivity index (χ3n) is 3.80. The minimum absolute atomic E-state index is 0.0312. The van der Waals surface area contributed by atoms with Gasteiger partial charge in [-0.25, -0.2) is 0 Å². The maximum Gasteiger partial charge on any atom is 0.573 e. The van der Waals surface area contributed by atoms with Gasteiger partial charge in [-0.1, -0.05) is 24.3 Å². The molecular formula is C19H16F3NO4. The van der Waals surface area contributed by atoms with Crippen molar-refractivity contribution in [3.05, 3.63) is 59.7 Å². The Hall–Kier alpha value is -3.16. The van der Waals surface area contributed by atoms with E-state index in [-0.39, 0.29) is 30.6 Å². The molecule has 142 valence electrons. The van der Waals surface area contributed by atoms with E-state index >= 15 is 0 Å². The fourth-order valence-corrected chi connectivity index (χ4v) is 2.50. The largest absolute Gasteiger partial charge is 0.573 e. The molecule has 1 amide bonds. The molecule has 0 fully saturated rings. The van der Waals surface area contributed by atoms with Gasteiger partial charge in [-0.3, -0.25) is 4.79 Å². The van der Waals surface area contributed by atoms with Gasteiger partial charge in [0.2, 0.25) is 12.7 Å². The minimum Gasteiger partial charge on any atom is -0.454 e. The molecule has 0 saturated heterocycles. The summed E-state index contributed by atoms with van der Waals surface area (Å²) in [5, 5.41) is 0. The summed E-state index contributed by atoms with van der Waals surface area (Å²) in [5.41, 5.74) is 0.990. The number of ether oxygens (including phenoxy) is 3. The Morgan fingerprint density at radius 2 is 1.93 bits per heavy atom. The van der Waals surface area contributed by atoms with Crippen LogP contribution in [-0.4, -0.2) is 31.0 Å². The molecule has 0 atom stereocenters. The van der Waals surface area contributed by atoms with Crippen molar-refractivity contribution in [2.24, 2.45) is 0 Å². The molecule has 0 bridgehead atoms. The highest BCUT2D eigenvalue weighted by Crippen LogP contribution is 2.33. The molecule has 27 heavy (non-hydrogen) atoms. The van der Waals surface area contributed by atoms with Crippen molar-refractivity contribution in [2.75, 3.05) is 13.8 Å². The van der Waals surface area contributed by atoms with Crippen LogP contribution in [0.5, 0.6) is 17.2 Å². The molecule has 2 aromatic rings. The van der Waals surface area contributed by atoms with Crippen LogP contribution < -0.4 is 14.2 Å². The molecular weight excluding hydrogens is 363 g/mol. The fraction of sp³-hybridized carbons (Fsp3) is 0.211. The SMILES string of the molecule is CN(Cc1ccccc1OC(F)(F)F)C(=O)/C=C/c1ccc2c(c1)OCO2. The standard InChI is InChI=1S/C19H16F3NO4/c1-23(11-14-4-2-3-5-15(14)27-19(20,21)22)18(24)9-7-13-6-8-16-17(10-13)26-12-25-16/h2-10H,11-12H2,1H3/b9-7+. The summed E-state index contributed by atoms with van der Waals surface area (Å²) < 4.78 is 51.9. The molecule has 0 saturated carbocycles. The zero-order chi connectivity index (χ0) is 19.4. The number of nitrogens with zero attached hydrogens (tertiary/aromatic N) is 1. The van der Waals surface area contributed by atoms with Gasteiger partial charge in [0.05, 0.1) is 0 Å². The second-order valence-corrected chi connectivity index (χ2v) is 5.80. The number of alkyl halides is 3. The number of likely N-dealkylation sites (N-methyl/N-ethyl adjacent to an activating group) is 1. The zero-order valence-corrected chi connectivity index (χ0v) is 14.3. The highest BCUT2D eigenvalue weighted by atomic mass is 19.4. The molecule has 1 aliphatic rings. The molecule has 2 aromatic carbocycles. The topological polar surface area (TPSA) is 48.0 Å². The van der Waals surface area contributed by atoms with Crippen LogP contribution in [0.1, 0.15) is 11.1 Å². The van der Waals surface area contributed by atoms with E-state index in [4.69, 9.17) is 9.47 Å². The van der Waals surface area contributed by atoms with Crippen LogP contribution in [0.15, 0.2) is 48.5 Å². The molecule has 1 aliphatic heterocycles. The molecule has 1 heterocycles. The molecule has 8 heteroatoms. The Kier molecular flexibility index (Phi) is 5.25. The average molecular weight is 379 g/mol. The van der Waals surface area contributed by atoms with Crippen LogP contribution >= 0.6 is 0 Å². The van der Waals surface area contributed by atoms with Crippen molar-refractivity contribution in [1.82, 2.24) is 4.90 Å². The molecule has 5 nitrogen and oxygen atoms in total. The van der Waals surface area contributed by atoms with Gasteiger partial charge in [-0.05, 0) is 29.8 Å². The normalized spacial score (nSPS) is 13.0. The van der Waals surface area contributed by atoms with Crippen molar-refractivity contribution in [2.45, 2.75) is 12.9 Å². The molecule has 0 aromatic heterocycles. The quantitative estimate of drug-likeness (QED) is 0.738. The molecule has 0 N–H and O–H groups in total. The van der Waals surface area contributed by atoms with Crippen LogP contribution in [0.3, 0.4) is 0 Å². The summed E-state index contributed by atoms with van der Waals surface area (Å²) >= 11 is 0. The van der Waals surface area contributed by atoms with E-state index in [1.165, 1.54) is 36.2 Å². The summed E-state index contributed by atoms with van der Waals surface area (Å²) in [6.45, 7) is 0.125. The highest BCUT2D eigenvalue weighted by Gasteiger charge is 2.32. The van der Waals surface area contributed by atoms with Gasteiger partial charge >= 0.3 is 6.36 Å². The number of halogens is 3. The predicted octanol–water partition coefficient (Wildman–Crippen LogP) is 3.99. The van der Waals surface area contributed by atoms with Gasteiger partial charge in [-0.2, -0.15) is 0 Å². The first-order chi connectivity index (χ1) is 12.8. The van der Waals surface area contributed by atoms with Crippen LogP contribution in [0.25, 0.3) is 6.08 Å². The second-order valence-electron chi connectivity index (χ2n) is 5.80. The number of amides is 1. The first-order valence-electron chi connectivity index (χ1n) is 7.98. The van der Waals surface area contributed by atoms with E-state index in [0.29, 0.717) is 11.5 Å². The lowest BCUT2D eigenvalue weighted by Gasteiger charge is -2.18. The van der Waals surface area contributed by atoms with Gasteiger partial charge in [0, 0.05) is 25.2 Å². The van der Waals surface area contributed by atoms with E-state index in [9.17, 15) is 18.0 Å². The van der Waals surface area contributed by atoms with Crippen LogP contribution in [-0.2, 0) is 11.3 Å². The molecule has 0 spiro atoms. The summed E-state index contributed by atoms with van der Waals surface area (Å²) in [4.78, 5) is 13.6. The maximum atomic E-state index is 12.5. The molecule has 0 radical (unpaired) electrons. The number of hydrogen-bond acceptors (Lipinski definition) is 4. The van der Waals surface area contributed by atoms with Crippen LogP contribution in [0, 0.1) is 0 Å². The molecule has 0 aliphatic carbocycles. The van der Waals surface area contributed by atoms with E-state index in [0.717, 1.165) is 5.56 Å². The van der Waals surface area contributed by atoms with Crippen molar-refractivity contribution in [3.8, 4) is 17.2 Å². The molecule has 3 rings (SSSR count). The van der Waals surface area contributed by atoms with E-state index < -0.39 is 6.36 Å². The summed E-state index contributed by atoms with van der Waals surface area (Å²) in [7, 11) is 1.50. The fourth-order valence-electron chi connectivity index (χ4n) is 2.50. The zero-order valence-electron chi connectivity index (χ0n) is 14.3. The Balaban J connectivity index is 1.66. The van der Waals surface area contributed by atoms with Crippen molar-refractivity contribution >= 4 is 12.0 Å². The van der Waals surface area contributed by atoms with Gasteiger partial charge in [-0.15, -0.1) is 13.2 Å². The third-order valence-corrected chi connectivity index (χ3v) is 3.80. The number of para-hydroxylation sites is 1. The van der Waals surface area contributed by atoms with Crippen molar-refractivity contribution in [1.29, 1.82) is 0 Å². The average Bonchev–Trinajstić information content (AvgIpc) is 3.07. The number of rotatable bonds is 5. The van der Waals surface area contributed by atoms with Crippen LogP contribution in [0.4, 0.5) is 13.2 Å². The monoisotopic (exact) mass is 379 g/mol. The smallest absolute Gasteiger partial charge is 0.454 e. The van der Waals surface area contributed by atoms with Gasteiger partial charge < -0.3 is 19.1 Å². The summed E-state index contributed by atoms with van der Waals surface area (Å²) in [6, 6.07) is 10.9. The summed E-state index contributed by atoms with van der Waals surface area (Å²) in [5.74, 6) is 0.534. The number of fused-ring (bicyclic) bond motifs is 1. The van der Waals surface area contributed by atoms with E-state index in [1.54, 1.807) is 30.3 Å². The Bertz CT molecular complexity index is 864. The minimum atomic E-state index is -4.79. The van der Waals surface area contributed by atoms with E-state index in [2.05, 4.69) is 4.74 Å². The van der Waals surface area contributed by atoms with E-state index in [1.807, 2.05) is 0 Å². The predicted molar refractivity (Wildman–Crippen MR) is 91.2 cm³/mol. The third kappa shape index (κ3) is 4.93. The van der Waals surface area contributed by atoms with Gasteiger partial charge in [0.25, 0.3) is 0 Å². The highest BCUT2D eigenvalue weighted by molar-refractivity contribution is 5.91. The second kappa shape index (κ2) is 7.61. The number of hydrogen-bond donors (Lipinski definition) is 0. The van der Waals surface area contributed by atoms with Gasteiger partial charge in [0.15, 0.2) is 11.5 Å². The lowest BCUT2D eigenvalue weighted by molar-refractivity contribution is -0.275. The maximum absolute atomic E-state index is 12.5. The van der Waals surface area contributed by atoms with Crippen LogP contribution in [0.2, 0.25) is 0 Å². The molecule has 0 unspecified atom stereocenters. The summed E-state index contributed by atoms with van der Waals surface area (Å²) in [6.07, 6.45) is -1.86. The lowest BCUT2D eigenvalue weighted by atomic mass is 10.1.